The highest BCUT2D eigenvalue weighted by Crippen LogP contribution is 2.19. The van der Waals surface area contributed by atoms with E-state index in [1.165, 1.54) is 0 Å². The maximum absolute atomic E-state index is 12.0. The van der Waals surface area contributed by atoms with Crippen LogP contribution in [-0.2, 0) is 0 Å². The van der Waals surface area contributed by atoms with Gasteiger partial charge in [-0.2, -0.15) is 0 Å². The van der Waals surface area contributed by atoms with Gasteiger partial charge in [0.2, 0.25) is 0 Å². The molecule has 1 aliphatic rings. The van der Waals surface area contributed by atoms with Gasteiger partial charge < -0.3 is 5.32 Å². The lowest BCUT2D eigenvalue weighted by molar-refractivity contribution is 0.0938. The third kappa shape index (κ3) is 2.53. The van der Waals surface area contributed by atoms with E-state index in [9.17, 15) is 4.79 Å². The Morgan fingerprint density at radius 2 is 2.06 bits per heavy atom. The van der Waals surface area contributed by atoms with Crippen molar-refractivity contribution in [2.75, 3.05) is 0 Å². The van der Waals surface area contributed by atoms with Crippen LogP contribution in [0.4, 0.5) is 0 Å². The van der Waals surface area contributed by atoms with Gasteiger partial charge in [-0.05, 0) is 47.8 Å². The smallest absolute Gasteiger partial charge is 0.252 e. The van der Waals surface area contributed by atoms with E-state index in [0.29, 0.717) is 5.56 Å². The van der Waals surface area contributed by atoms with E-state index < -0.39 is 0 Å². The number of hydrogen-bond donors (Lipinski definition) is 1. The molecule has 0 radical (unpaired) electrons. The molecule has 3 heteroatoms. The van der Waals surface area contributed by atoms with E-state index >= 15 is 0 Å². The van der Waals surface area contributed by atoms with Crippen molar-refractivity contribution in [1.29, 1.82) is 0 Å². The zero-order valence-corrected chi connectivity index (χ0v) is 10.8. The van der Waals surface area contributed by atoms with Crippen molar-refractivity contribution in [3.63, 3.8) is 0 Å². The Balaban J connectivity index is 2.10. The summed E-state index contributed by atoms with van der Waals surface area (Å²) >= 11 is 3.40. The molecule has 1 N–H and O–H groups in total. The van der Waals surface area contributed by atoms with Gasteiger partial charge in [-0.3, -0.25) is 4.79 Å². The molecule has 2 nitrogen and oxygen atoms in total. The Labute approximate surface area is 104 Å². The highest BCUT2D eigenvalue weighted by Gasteiger charge is 2.16. The number of halogens is 1. The van der Waals surface area contributed by atoms with Gasteiger partial charge in [0.15, 0.2) is 0 Å². The number of aryl methyl sites for hydroxylation is 1. The van der Waals surface area contributed by atoms with Crippen molar-refractivity contribution in [3.8, 4) is 0 Å². The molecule has 1 aromatic carbocycles. The maximum atomic E-state index is 12.0. The first-order valence-corrected chi connectivity index (χ1v) is 6.18. The van der Waals surface area contributed by atoms with Crippen molar-refractivity contribution in [3.05, 3.63) is 46.0 Å². The molecule has 0 aliphatic heterocycles. The molecule has 1 amide bonds. The highest BCUT2D eigenvalue weighted by molar-refractivity contribution is 9.10. The predicted octanol–water partition coefficient (Wildman–Crippen LogP) is 3.21. The molecule has 0 atom stereocenters. The average Bonchev–Trinajstić information content (AvgIpc) is 2.74. The Morgan fingerprint density at radius 3 is 2.75 bits per heavy atom. The zero-order chi connectivity index (χ0) is 11.5. The van der Waals surface area contributed by atoms with Crippen molar-refractivity contribution < 1.29 is 4.79 Å². The first-order chi connectivity index (χ1) is 7.66. The third-order valence-electron chi connectivity index (χ3n) is 2.71. The second-order valence-electron chi connectivity index (χ2n) is 4.10. The second-order valence-corrected chi connectivity index (χ2v) is 4.95. The van der Waals surface area contributed by atoms with Gasteiger partial charge in [0.1, 0.15) is 0 Å². The Bertz CT molecular complexity index is 432. The first kappa shape index (κ1) is 11.4. The molecule has 0 saturated heterocycles. The summed E-state index contributed by atoms with van der Waals surface area (Å²) < 4.78 is 0.849. The molecule has 0 heterocycles. The lowest BCUT2D eigenvalue weighted by Crippen LogP contribution is -2.33. The Kier molecular flexibility index (Phi) is 3.44. The van der Waals surface area contributed by atoms with Crippen molar-refractivity contribution in [1.82, 2.24) is 5.32 Å². The summed E-state index contributed by atoms with van der Waals surface area (Å²) in [4.78, 5) is 12.0. The van der Waals surface area contributed by atoms with Crippen LogP contribution >= 0.6 is 15.9 Å². The first-order valence-electron chi connectivity index (χ1n) is 5.39. The topological polar surface area (TPSA) is 29.1 Å². The second kappa shape index (κ2) is 4.83. The number of benzene rings is 1. The molecule has 0 aromatic heterocycles. The summed E-state index contributed by atoms with van der Waals surface area (Å²) in [7, 11) is 0. The van der Waals surface area contributed by atoms with Crippen molar-refractivity contribution >= 4 is 21.8 Å². The number of hydrogen-bond acceptors (Lipinski definition) is 1. The lowest BCUT2D eigenvalue weighted by Gasteiger charge is -2.13. The summed E-state index contributed by atoms with van der Waals surface area (Å²) in [5.74, 6) is 0.00396. The van der Waals surface area contributed by atoms with Crippen molar-refractivity contribution in [2.24, 2.45) is 0 Å². The van der Waals surface area contributed by atoms with Gasteiger partial charge >= 0.3 is 0 Å². The number of carbonyl (C=O) groups is 1. The number of carbonyl (C=O) groups excluding carboxylic acids is 1. The molecule has 0 fully saturated rings. The Morgan fingerprint density at radius 1 is 1.38 bits per heavy atom. The lowest BCUT2D eigenvalue weighted by atomic mass is 10.1. The van der Waals surface area contributed by atoms with Crippen LogP contribution < -0.4 is 5.32 Å². The molecule has 0 saturated carbocycles. The maximum Gasteiger partial charge on any atom is 0.252 e. The third-order valence-corrected chi connectivity index (χ3v) is 3.40. The van der Waals surface area contributed by atoms with Crippen LogP contribution in [0.15, 0.2) is 34.8 Å². The molecular weight excluding hydrogens is 266 g/mol. The van der Waals surface area contributed by atoms with Crippen LogP contribution in [0.3, 0.4) is 0 Å². The quantitative estimate of drug-likeness (QED) is 0.828. The van der Waals surface area contributed by atoms with E-state index in [0.717, 1.165) is 22.9 Å². The molecule has 0 spiro atoms. The van der Waals surface area contributed by atoms with Crippen LogP contribution in [0.25, 0.3) is 0 Å². The summed E-state index contributed by atoms with van der Waals surface area (Å²) in [5.41, 5.74) is 1.81. The summed E-state index contributed by atoms with van der Waals surface area (Å²) in [6.45, 7) is 1.99. The van der Waals surface area contributed by atoms with Gasteiger partial charge in [-0.1, -0.05) is 23.8 Å². The molecule has 84 valence electrons. The van der Waals surface area contributed by atoms with Crippen LogP contribution in [0.1, 0.15) is 28.8 Å². The minimum Gasteiger partial charge on any atom is -0.349 e. The molecule has 1 aliphatic carbocycles. The fourth-order valence-corrected chi connectivity index (χ4v) is 2.24. The zero-order valence-electron chi connectivity index (χ0n) is 9.16. The van der Waals surface area contributed by atoms with E-state index in [2.05, 4.69) is 33.4 Å². The molecule has 0 unspecified atom stereocenters. The normalized spacial score (nSPS) is 15.4. The van der Waals surface area contributed by atoms with Crippen LogP contribution in [0, 0.1) is 6.92 Å². The summed E-state index contributed by atoms with van der Waals surface area (Å²) in [6, 6.07) is 6.07. The van der Waals surface area contributed by atoms with E-state index in [1.54, 1.807) is 0 Å². The molecular formula is C13H14BrNO. The van der Waals surface area contributed by atoms with Gasteiger partial charge in [-0.15, -0.1) is 0 Å². The highest BCUT2D eigenvalue weighted by atomic mass is 79.9. The average molecular weight is 280 g/mol. The SMILES string of the molecule is Cc1ccc(Br)c(C(=O)NC2CC=CC2)c1. The van der Waals surface area contributed by atoms with Gasteiger partial charge in [-0.25, -0.2) is 0 Å². The molecule has 16 heavy (non-hydrogen) atoms. The number of nitrogens with one attached hydrogen (secondary N) is 1. The standard InChI is InChI=1S/C13H14BrNO/c1-9-6-7-12(14)11(8-9)13(16)15-10-4-2-3-5-10/h2-3,6-8,10H,4-5H2,1H3,(H,15,16). The van der Waals surface area contributed by atoms with Crippen LogP contribution in [-0.4, -0.2) is 11.9 Å². The van der Waals surface area contributed by atoms with Gasteiger partial charge in [0.05, 0.1) is 5.56 Å². The molecule has 0 bridgehead atoms. The fourth-order valence-electron chi connectivity index (χ4n) is 1.81. The van der Waals surface area contributed by atoms with Crippen LogP contribution in [0.2, 0.25) is 0 Å². The minimum absolute atomic E-state index is 0.00396. The van der Waals surface area contributed by atoms with E-state index in [-0.39, 0.29) is 11.9 Å². The van der Waals surface area contributed by atoms with Gasteiger partial charge in [0.25, 0.3) is 5.91 Å². The largest absolute Gasteiger partial charge is 0.349 e. The van der Waals surface area contributed by atoms with E-state index in [4.69, 9.17) is 0 Å². The minimum atomic E-state index is 0.00396. The predicted molar refractivity (Wildman–Crippen MR) is 68.5 cm³/mol. The monoisotopic (exact) mass is 279 g/mol. The number of amides is 1. The summed E-state index contributed by atoms with van der Waals surface area (Å²) in [5, 5.41) is 3.03. The van der Waals surface area contributed by atoms with Gasteiger partial charge in [0, 0.05) is 10.5 Å². The van der Waals surface area contributed by atoms with Crippen LogP contribution in [0.5, 0.6) is 0 Å². The molecule has 1 aromatic rings. The Hall–Kier alpha value is -1.09. The fraction of sp³-hybridized carbons (Fsp3) is 0.308. The summed E-state index contributed by atoms with van der Waals surface area (Å²) in [6.07, 6.45) is 6.09. The number of rotatable bonds is 2. The van der Waals surface area contributed by atoms with Crippen molar-refractivity contribution in [2.45, 2.75) is 25.8 Å². The molecule has 2 rings (SSSR count). The van der Waals surface area contributed by atoms with E-state index in [1.807, 2.05) is 25.1 Å².